The summed E-state index contributed by atoms with van der Waals surface area (Å²) in [6, 6.07) is 20.0. The van der Waals surface area contributed by atoms with Crippen molar-refractivity contribution in [2.24, 2.45) is 0 Å². The molecule has 0 radical (unpaired) electrons. The van der Waals surface area contributed by atoms with E-state index in [1.807, 2.05) is 73.9 Å². The number of carbonyl (C=O) groups excluding carboxylic acids is 1. The number of nitrogens with one attached hydrogen (secondary N) is 1. The summed E-state index contributed by atoms with van der Waals surface area (Å²) in [6.07, 6.45) is 4.98. The number of imidazole rings is 1. The van der Waals surface area contributed by atoms with Crippen LogP contribution in [0.3, 0.4) is 0 Å². The van der Waals surface area contributed by atoms with Gasteiger partial charge in [0.1, 0.15) is 0 Å². The van der Waals surface area contributed by atoms with Gasteiger partial charge in [0.15, 0.2) is 0 Å². The van der Waals surface area contributed by atoms with Crippen LogP contribution in [-0.4, -0.2) is 55.6 Å². The first-order chi connectivity index (χ1) is 18.2. The van der Waals surface area contributed by atoms with E-state index in [1.165, 1.54) is 0 Å². The molecular formula is C28H28N6O2S. The maximum Gasteiger partial charge on any atom is 0.409 e. The molecule has 0 aliphatic carbocycles. The minimum atomic E-state index is -0.251. The number of rotatable bonds is 7. The smallest absolute Gasteiger partial charge is 0.409 e. The summed E-state index contributed by atoms with van der Waals surface area (Å²) in [5.41, 5.74) is 5.40. The Morgan fingerprint density at radius 2 is 1.84 bits per heavy atom. The van der Waals surface area contributed by atoms with Crippen LogP contribution in [0.25, 0.3) is 22.6 Å². The van der Waals surface area contributed by atoms with Gasteiger partial charge in [-0.1, -0.05) is 54.7 Å². The molecule has 2 aromatic carbocycles. The lowest BCUT2D eigenvalue weighted by Crippen LogP contribution is -2.39. The van der Waals surface area contributed by atoms with E-state index < -0.39 is 0 Å². The number of aromatic nitrogens is 4. The quantitative estimate of drug-likeness (QED) is 0.309. The van der Waals surface area contributed by atoms with E-state index in [-0.39, 0.29) is 12.1 Å². The molecule has 1 aliphatic heterocycles. The van der Waals surface area contributed by atoms with Gasteiger partial charge >= 0.3 is 6.09 Å². The van der Waals surface area contributed by atoms with Gasteiger partial charge in [0.25, 0.3) is 0 Å². The molecule has 1 fully saturated rings. The second-order valence-corrected chi connectivity index (χ2v) is 9.00. The Hall–Kier alpha value is -4.11. The van der Waals surface area contributed by atoms with Crippen molar-refractivity contribution >= 4 is 35.3 Å². The fourth-order valence-corrected chi connectivity index (χ4v) is 4.72. The van der Waals surface area contributed by atoms with E-state index in [0.717, 1.165) is 46.7 Å². The molecule has 1 aliphatic rings. The first-order valence-electron chi connectivity index (χ1n) is 12.4. The molecule has 9 heteroatoms. The molecule has 188 valence electrons. The summed E-state index contributed by atoms with van der Waals surface area (Å²) >= 11 is 5.08. The summed E-state index contributed by atoms with van der Waals surface area (Å²) in [6.45, 7) is 3.46. The number of nitrogens with zero attached hydrogens (tertiary/aromatic N) is 5. The van der Waals surface area contributed by atoms with Gasteiger partial charge in [-0.2, -0.15) is 0 Å². The van der Waals surface area contributed by atoms with E-state index in [0.29, 0.717) is 25.6 Å². The van der Waals surface area contributed by atoms with Gasteiger partial charge < -0.3 is 19.5 Å². The lowest BCUT2D eigenvalue weighted by molar-refractivity contribution is 0.0928. The van der Waals surface area contributed by atoms with Crippen molar-refractivity contribution in [3.8, 4) is 22.6 Å². The summed E-state index contributed by atoms with van der Waals surface area (Å²) in [5.74, 6) is 0.510. The van der Waals surface area contributed by atoms with E-state index >= 15 is 0 Å². The van der Waals surface area contributed by atoms with Crippen LogP contribution in [0.2, 0.25) is 0 Å². The van der Waals surface area contributed by atoms with Gasteiger partial charge in [-0.15, -0.1) is 0 Å². The zero-order valence-corrected chi connectivity index (χ0v) is 21.4. The predicted molar refractivity (Wildman–Crippen MR) is 148 cm³/mol. The van der Waals surface area contributed by atoms with Crippen molar-refractivity contribution in [1.82, 2.24) is 24.4 Å². The molecule has 1 amide bonds. The fourth-order valence-electron chi connectivity index (χ4n) is 4.57. The van der Waals surface area contributed by atoms with Crippen molar-refractivity contribution in [3.05, 3.63) is 78.8 Å². The van der Waals surface area contributed by atoms with Crippen LogP contribution in [-0.2, 0) is 4.74 Å². The largest absolute Gasteiger partial charge is 0.450 e. The highest BCUT2D eigenvalue weighted by molar-refractivity contribution is 7.79. The topological polar surface area (TPSA) is 85.2 Å². The summed E-state index contributed by atoms with van der Waals surface area (Å²) < 4.78 is 7.39. The van der Waals surface area contributed by atoms with Crippen LogP contribution in [0.1, 0.15) is 31.4 Å². The molecule has 0 atom stereocenters. The standard InChI is InChI=1S/C28H28N6O2S/c1-2-36-28(35)33-16-13-23(14-17-33)34-19-30-25(21-10-8-20(18-37)9-11-21)26(34)24-12-15-29-27(32-24)31-22-6-4-3-5-7-22/h3-12,15,18-19,23H,2,13-14,16-17H2,1H3,(H,29,31,32). The Morgan fingerprint density at radius 1 is 1.08 bits per heavy atom. The molecule has 4 aromatic rings. The fraction of sp³-hybridized carbons (Fsp3) is 0.250. The van der Waals surface area contributed by atoms with Crippen LogP contribution >= 0.6 is 12.2 Å². The lowest BCUT2D eigenvalue weighted by Gasteiger charge is -2.32. The zero-order valence-electron chi connectivity index (χ0n) is 20.6. The third-order valence-corrected chi connectivity index (χ3v) is 6.70. The SMILES string of the molecule is CCOC(=O)N1CCC(n2cnc(-c3ccc(C=S)cc3)c2-c2ccnc(Nc3ccccc3)n2)CC1. The predicted octanol–water partition coefficient (Wildman–Crippen LogP) is 5.89. The van der Waals surface area contributed by atoms with Gasteiger partial charge in [0.05, 0.1) is 30.0 Å². The van der Waals surface area contributed by atoms with E-state index in [2.05, 4.69) is 14.9 Å². The number of ether oxygens (including phenoxy) is 1. The summed E-state index contributed by atoms with van der Waals surface area (Å²) in [5, 5.41) is 4.94. The Labute approximate surface area is 221 Å². The second-order valence-electron chi connectivity index (χ2n) is 8.76. The Bertz CT molecular complexity index is 1370. The van der Waals surface area contributed by atoms with Crippen LogP contribution in [0, 0.1) is 0 Å². The number of hydrogen-bond donors (Lipinski definition) is 1. The molecule has 0 bridgehead atoms. The van der Waals surface area contributed by atoms with Crippen molar-refractivity contribution in [2.75, 3.05) is 25.0 Å². The van der Waals surface area contributed by atoms with Crippen LogP contribution < -0.4 is 5.32 Å². The molecule has 5 rings (SSSR count). The molecule has 2 aromatic heterocycles. The molecule has 3 heterocycles. The highest BCUT2D eigenvalue weighted by atomic mass is 32.1. The van der Waals surface area contributed by atoms with Gasteiger partial charge in [-0.05, 0) is 43.5 Å². The summed E-state index contributed by atoms with van der Waals surface area (Å²) in [7, 11) is 0. The molecule has 1 N–H and O–H groups in total. The maximum absolute atomic E-state index is 12.2. The third kappa shape index (κ3) is 5.51. The van der Waals surface area contributed by atoms with Crippen LogP contribution in [0.15, 0.2) is 73.2 Å². The third-order valence-electron chi connectivity index (χ3n) is 6.43. The highest BCUT2D eigenvalue weighted by Crippen LogP contribution is 2.35. The highest BCUT2D eigenvalue weighted by Gasteiger charge is 2.28. The zero-order chi connectivity index (χ0) is 25.6. The molecule has 8 nitrogen and oxygen atoms in total. The normalized spacial score (nSPS) is 13.8. The minimum Gasteiger partial charge on any atom is -0.450 e. The van der Waals surface area contributed by atoms with Crippen molar-refractivity contribution < 1.29 is 9.53 Å². The first-order valence-corrected chi connectivity index (χ1v) is 12.8. The van der Waals surface area contributed by atoms with E-state index in [9.17, 15) is 4.79 Å². The molecule has 1 saturated heterocycles. The van der Waals surface area contributed by atoms with Crippen LogP contribution in [0.4, 0.5) is 16.4 Å². The number of likely N-dealkylation sites (tertiary alicyclic amines) is 1. The Kier molecular flexibility index (Phi) is 7.51. The van der Waals surface area contributed by atoms with Crippen LogP contribution in [0.5, 0.6) is 0 Å². The number of carbonyl (C=O) groups is 1. The first kappa shape index (κ1) is 24.6. The number of piperidine rings is 1. The minimum absolute atomic E-state index is 0.169. The van der Waals surface area contributed by atoms with Crippen molar-refractivity contribution in [3.63, 3.8) is 0 Å². The van der Waals surface area contributed by atoms with E-state index in [1.54, 1.807) is 16.5 Å². The Morgan fingerprint density at radius 3 is 2.54 bits per heavy atom. The van der Waals surface area contributed by atoms with Gasteiger partial charge in [-0.3, -0.25) is 0 Å². The maximum atomic E-state index is 12.2. The lowest BCUT2D eigenvalue weighted by atomic mass is 10.0. The molecule has 0 unspecified atom stereocenters. The number of amides is 1. The Balaban J connectivity index is 1.50. The van der Waals surface area contributed by atoms with Crippen molar-refractivity contribution in [1.29, 1.82) is 0 Å². The van der Waals surface area contributed by atoms with Gasteiger partial charge in [-0.25, -0.2) is 19.7 Å². The second kappa shape index (κ2) is 11.3. The van der Waals surface area contributed by atoms with Crippen molar-refractivity contribution in [2.45, 2.75) is 25.8 Å². The number of para-hydroxylation sites is 1. The summed E-state index contributed by atoms with van der Waals surface area (Å²) in [4.78, 5) is 28.1. The number of benzene rings is 2. The van der Waals surface area contributed by atoms with Gasteiger partial charge in [0, 0.05) is 41.9 Å². The molecule has 0 saturated carbocycles. The molecular weight excluding hydrogens is 484 g/mol. The number of hydrogen-bond acceptors (Lipinski definition) is 7. The average Bonchev–Trinajstić information content (AvgIpc) is 3.39. The molecule has 37 heavy (non-hydrogen) atoms. The van der Waals surface area contributed by atoms with E-state index in [4.69, 9.17) is 26.9 Å². The number of thiocarbonyl (C=S) groups is 1. The monoisotopic (exact) mass is 512 g/mol. The molecule has 0 spiro atoms. The average molecular weight is 513 g/mol. The number of anilines is 2. The van der Waals surface area contributed by atoms with Gasteiger partial charge in [0.2, 0.25) is 5.95 Å².